The summed E-state index contributed by atoms with van der Waals surface area (Å²) in [5.74, 6) is -0.818. The Hall–Kier alpha value is -0.460. The first-order valence-electron chi connectivity index (χ1n) is 6.31. The van der Waals surface area contributed by atoms with E-state index in [4.69, 9.17) is 4.74 Å². The van der Waals surface area contributed by atoms with Crippen molar-refractivity contribution in [2.24, 2.45) is 0 Å². The Morgan fingerprint density at radius 1 is 1.55 bits per heavy atom. The minimum Gasteiger partial charge on any atom is -0.368 e. The molecule has 110 valence electrons. The van der Waals surface area contributed by atoms with Crippen LogP contribution in [0.4, 0.5) is 4.39 Å². The van der Waals surface area contributed by atoms with E-state index in [1.807, 2.05) is 13.8 Å². The molecule has 3 nitrogen and oxygen atoms in total. The molecule has 0 N–H and O–H groups in total. The van der Waals surface area contributed by atoms with E-state index in [1.54, 1.807) is 17.0 Å². The summed E-state index contributed by atoms with van der Waals surface area (Å²) in [6, 6.07) is 4.54. The minimum atomic E-state index is -0.510. The van der Waals surface area contributed by atoms with Gasteiger partial charge in [0.2, 0.25) is 0 Å². The molecule has 20 heavy (non-hydrogen) atoms. The largest absolute Gasteiger partial charge is 0.368 e. The number of carbonyl (C=O) groups is 1. The average molecular weight is 409 g/mol. The zero-order chi connectivity index (χ0) is 14.9. The molecule has 1 atom stereocenters. The number of morpholine rings is 1. The maximum absolute atomic E-state index is 13.9. The molecule has 0 spiro atoms. The molecule has 1 heterocycles. The number of hydrogen-bond acceptors (Lipinski definition) is 2. The van der Waals surface area contributed by atoms with E-state index in [0.717, 1.165) is 0 Å². The van der Waals surface area contributed by atoms with Crippen molar-refractivity contribution in [3.63, 3.8) is 0 Å². The van der Waals surface area contributed by atoms with E-state index < -0.39 is 11.4 Å². The average Bonchev–Trinajstić information content (AvgIpc) is 2.36. The number of rotatable bonds is 2. The molecule has 0 bridgehead atoms. The molecule has 6 heteroatoms. The molecule has 1 saturated heterocycles. The number of benzene rings is 1. The fourth-order valence-electron chi connectivity index (χ4n) is 2.39. The van der Waals surface area contributed by atoms with Crippen LogP contribution >= 0.6 is 31.9 Å². The number of alkyl halides is 1. The fraction of sp³-hybridized carbons (Fsp3) is 0.500. The Kier molecular flexibility index (Phi) is 4.87. The Balaban J connectivity index is 2.28. The zero-order valence-electron chi connectivity index (χ0n) is 11.3. The molecule has 0 saturated carbocycles. The van der Waals surface area contributed by atoms with Gasteiger partial charge in [-0.15, -0.1) is 0 Å². The van der Waals surface area contributed by atoms with E-state index >= 15 is 0 Å². The van der Waals surface area contributed by atoms with Crippen molar-refractivity contribution < 1.29 is 13.9 Å². The molecule has 1 fully saturated rings. The van der Waals surface area contributed by atoms with Gasteiger partial charge in [-0.25, -0.2) is 4.39 Å². The lowest BCUT2D eigenvalue weighted by Gasteiger charge is -2.42. The number of halogens is 3. The van der Waals surface area contributed by atoms with Crippen molar-refractivity contribution >= 4 is 37.8 Å². The Labute approximate surface area is 134 Å². The smallest absolute Gasteiger partial charge is 0.258 e. The van der Waals surface area contributed by atoms with Gasteiger partial charge in [0.1, 0.15) is 5.82 Å². The molecule has 1 unspecified atom stereocenters. The highest BCUT2D eigenvalue weighted by atomic mass is 79.9. The third-order valence-corrected chi connectivity index (χ3v) is 4.50. The van der Waals surface area contributed by atoms with Crippen molar-refractivity contribution in [3.05, 3.63) is 34.1 Å². The van der Waals surface area contributed by atoms with Gasteiger partial charge in [-0.1, -0.05) is 22.0 Å². The van der Waals surface area contributed by atoms with Crippen LogP contribution < -0.4 is 0 Å². The second-order valence-corrected chi connectivity index (χ2v) is 6.94. The van der Waals surface area contributed by atoms with E-state index in [0.29, 0.717) is 22.9 Å². The van der Waals surface area contributed by atoms with Crippen LogP contribution in [0.3, 0.4) is 0 Å². The fourth-order valence-corrected chi connectivity index (χ4v) is 3.24. The van der Waals surface area contributed by atoms with Gasteiger partial charge in [-0.2, -0.15) is 0 Å². The SMILES string of the molecule is CC1(C)CN(C(=O)c2c(F)cccc2Br)CC(CBr)O1. The number of amides is 1. The van der Waals surface area contributed by atoms with E-state index in [9.17, 15) is 9.18 Å². The van der Waals surface area contributed by atoms with Crippen LogP contribution in [0.15, 0.2) is 22.7 Å². The first-order valence-corrected chi connectivity index (χ1v) is 8.22. The van der Waals surface area contributed by atoms with Gasteiger partial charge in [0.25, 0.3) is 5.91 Å². The number of nitrogens with zero attached hydrogens (tertiary/aromatic N) is 1. The van der Waals surface area contributed by atoms with Gasteiger partial charge in [0, 0.05) is 22.9 Å². The van der Waals surface area contributed by atoms with Gasteiger partial charge in [0.05, 0.1) is 17.3 Å². The lowest BCUT2D eigenvalue weighted by atomic mass is 10.0. The number of ether oxygens (including phenoxy) is 1. The summed E-state index contributed by atoms with van der Waals surface area (Å²) in [4.78, 5) is 14.2. The van der Waals surface area contributed by atoms with Gasteiger partial charge in [-0.05, 0) is 41.9 Å². The molecule has 1 aliphatic heterocycles. The third kappa shape index (κ3) is 3.40. The summed E-state index contributed by atoms with van der Waals surface area (Å²) >= 11 is 6.63. The maximum Gasteiger partial charge on any atom is 0.258 e. The Morgan fingerprint density at radius 2 is 2.25 bits per heavy atom. The zero-order valence-corrected chi connectivity index (χ0v) is 14.5. The second-order valence-electron chi connectivity index (χ2n) is 5.44. The van der Waals surface area contributed by atoms with Crippen molar-refractivity contribution in [1.29, 1.82) is 0 Å². The molecule has 1 amide bonds. The van der Waals surface area contributed by atoms with Crippen molar-refractivity contribution in [2.45, 2.75) is 25.6 Å². The summed E-state index contributed by atoms with van der Waals surface area (Å²) in [6.45, 7) is 4.75. The van der Waals surface area contributed by atoms with Crippen LogP contribution in [0.1, 0.15) is 24.2 Å². The molecule has 0 aromatic heterocycles. The standard InChI is InChI=1S/C14H16Br2FNO2/c1-14(2)8-18(7-9(6-15)20-14)13(19)12-10(16)4-3-5-11(12)17/h3-5,9H,6-8H2,1-2H3. The van der Waals surface area contributed by atoms with E-state index in [-0.39, 0.29) is 17.6 Å². The quantitative estimate of drug-likeness (QED) is 0.699. The highest BCUT2D eigenvalue weighted by Gasteiger charge is 2.36. The van der Waals surface area contributed by atoms with Crippen molar-refractivity contribution in [2.75, 3.05) is 18.4 Å². The summed E-state index contributed by atoms with van der Waals surface area (Å²) in [7, 11) is 0. The minimum absolute atomic E-state index is 0.0820. The number of carbonyl (C=O) groups excluding carboxylic acids is 1. The normalized spacial score (nSPS) is 21.9. The molecule has 1 aromatic carbocycles. The molecule has 1 aliphatic rings. The van der Waals surface area contributed by atoms with Crippen LogP contribution in [0.5, 0.6) is 0 Å². The van der Waals surface area contributed by atoms with Crippen molar-refractivity contribution in [1.82, 2.24) is 4.90 Å². The molecule has 1 aromatic rings. The van der Waals surface area contributed by atoms with Crippen LogP contribution in [0.25, 0.3) is 0 Å². The first-order chi connectivity index (χ1) is 9.34. The van der Waals surface area contributed by atoms with Crippen LogP contribution in [-0.4, -0.2) is 40.9 Å². The van der Waals surface area contributed by atoms with Crippen molar-refractivity contribution in [3.8, 4) is 0 Å². The summed E-state index contributed by atoms with van der Waals surface area (Å²) in [5.41, 5.74) is -0.358. The van der Waals surface area contributed by atoms with Gasteiger partial charge in [0.15, 0.2) is 0 Å². The van der Waals surface area contributed by atoms with Crippen LogP contribution in [0, 0.1) is 5.82 Å². The van der Waals surface area contributed by atoms with Gasteiger partial charge in [-0.3, -0.25) is 4.79 Å². The predicted octanol–water partition coefficient (Wildman–Crippen LogP) is 3.60. The Bertz CT molecular complexity index is 502. The molecule has 2 rings (SSSR count). The van der Waals surface area contributed by atoms with Gasteiger partial charge >= 0.3 is 0 Å². The molecular formula is C14H16Br2FNO2. The first kappa shape index (κ1) is 15.9. The van der Waals surface area contributed by atoms with E-state index in [2.05, 4.69) is 31.9 Å². The van der Waals surface area contributed by atoms with Crippen LogP contribution in [0.2, 0.25) is 0 Å². The lowest BCUT2D eigenvalue weighted by Crippen LogP contribution is -2.55. The van der Waals surface area contributed by atoms with Gasteiger partial charge < -0.3 is 9.64 Å². The molecular weight excluding hydrogens is 393 g/mol. The topological polar surface area (TPSA) is 29.5 Å². The Morgan fingerprint density at radius 3 is 2.85 bits per heavy atom. The monoisotopic (exact) mass is 407 g/mol. The number of hydrogen-bond donors (Lipinski definition) is 0. The second kappa shape index (κ2) is 6.12. The van der Waals surface area contributed by atoms with Crippen LogP contribution in [-0.2, 0) is 4.74 Å². The lowest BCUT2D eigenvalue weighted by molar-refractivity contribution is -0.116. The predicted molar refractivity (Wildman–Crippen MR) is 82.7 cm³/mol. The highest BCUT2D eigenvalue weighted by Crippen LogP contribution is 2.26. The van der Waals surface area contributed by atoms with E-state index in [1.165, 1.54) is 6.07 Å². The summed E-state index contributed by atoms with van der Waals surface area (Å²) in [6.07, 6.45) is -0.0896. The summed E-state index contributed by atoms with van der Waals surface area (Å²) < 4.78 is 20.2. The third-order valence-electron chi connectivity index (χ3n) is 3.12. The maximum atomic E-state index is 13.9. The molecule has 0 radical (unpaired) electrons. The molecule has 0 aliphatic carbocycles. The highest BCUT2D eigenvalue weighted by molar-refractivity contribution is 9.10. The summed E-state index contributed by atoms with van der Waals surface area (Å²) in [5, 5.41) is 0.638.